The molecule has 9 N–H and O–H groups in total. The van der Waals surface area contributed by atoms with Crippen LogP contribution in [0.4, 0.5) is 0 Å². The average Bonchev–Trinajstić information content (AvgIpc) is 3.77. The van der Waals surface area contributed by atoms with Crippen molar-refractivity contribution in [2.24, 2.45) is 0 Å². The van der Waals surface area contributed by atoms with Gasteiger partial charge < -0.3 is 55.1 Å². The predicted octanol–water partition coefficient (Wildman–Crippen LogP) is 10.2. The normalized spacial score (nSPS) is 11.7. The van der Waals surface area contributed by atoms with Gasteiger partial charge in [0.1, 0.15) is 5.75 Å². The fourth-order valence-corrected chi connectivity index (χ4v) is 8.36. The van der Waals surface area contributed by atoms with E-state index in [2.05, 4.69) is 53.1 Å². The van der Waals surface area contributed by atoms with E-state index >= 15 is 0 Å². The molecule has 0 radical (unpaired) electrons. The van der Waals surface area contributed by atoms with Gasteiger partial charge in [0.2, 0.25) is 23.0 Å². The van der Waals surface area contributed by atoms with E-state index in [1.807, 2.05) is 71.3 Å². The monoisotopic (exact) mass is 780 g/mol. The maximum absolute atomic E-state index is 11.2. The molecule has 0 aliphatic rings. The molecule has 0 fully saturated rings. The molecule has 288 valence electrons. The first-order valence-corrected chi connectivity index (χ1v) is 18.5. The van der Waals surface area contributed by atoms with Crippen LogP contribution in [0.1, 0.15) is 0 Å². The van der Waals surface area contributed by atoms with Crippen LogP contribution in [0, 0.1) is 0 Å². The van der Waals surface area contributed by atoms with Crippen molar-refractivity contribution in [1.82, 2.24) is 9.13 Å². The van der Waals surface area contributed by atoms with E-state index in [1.165, 1.54) is 12.1 Å². The maximum atomic E-state index is 11.2. The van der Waals surface area contributed by atoms with Gasteiger partial charge in [-0.05, 0) is 77.4 Å². The highest BCUT2D eigenvalue weighted by Crippen LogP contribution is 2.56. The SMILES string of the molecule is Oc1cc(O)c(-c2cc(-c3c(O)c(O)c(O)c(O)c3O)ccc2-n2c3ccccc3c3cc(-c4ccc5c(c4)c4ccccc4n5-c4ccccc4)ccc32)c(O)c1O. The Balaban J connectivity index is 1.21. The molecule has 0 aliphatic heterocycles. The lowest BCUT2D eigenvalue weighted by Gasteiger charge is -2.19. The number of rotatable bonds is 5. The van der Waals surface area contributed by atoms with Crippen LogP contribution in [-0.2, 0) is 0 Å². The Kier molecular flexibility index (Phi) is 7.59. The van der Waals surface area contributed by atoms with Crippen LogP contribution in [0.15, 0.2) is 140 Å². The second-order valence-electron chi connectivity index (χ2n) is 14.3. The van der Waals surface area contributed by atoms with Crippen molar-refractivity contribution in [3.63, 3.8) is 0 Å². The number of phenolic OH excluding ortho intramolecular Hbond substituents is 9. The number of hydrogen-bond acceptors (Lipinski definition) is 9. The number of nitrogens with zero attached hydrogens (tertiary/aromatic N) is 2. The van der Waals surface area contributed by atoms with Gasteiger partial charge in [0.05, 0.1) is 38.9 Å². The first-order chi connectivity index (χ1) is 28.5. The molecule has 0 saturated heterocycles. The summed E-state index contributed by atoms with van der Waals surface area (Å²) in [6.07, 6.45) is 0. The topological polar surface area (TPSA) is 192 Å². The Hall–Kier alpha value is -8.44. The fraction of sp³-hybridized carbons (Fsp3) is 0. The van der Waals surface area contributed by atoms with E-state index in [-0.39, 0.29) is 16.7 Å². The molecule has 2 heterocycles. The smallest absolute Gasteiger partial charge is 0.208 e. The quantitative estimate of drug-likeness (QED) is 0.0604. The highest BCUT2D eigenvalue weighted by atomic mass is 16.4. The van der Waals surface area contributed by atoms with Crippen LogP contribution in [0.2, 0.25) is 0 Å². The summed E-state index contributed by atoms with van der Waals surface area (Å²) in [4.78, 5) is 0. The Labute approximate surface area is 333 Å². The van der Waals surface area contributed by atoms with Crippen molar-refractivity contribution in [1.29, 1.82) is 0 Å². The zero-order valence-corrected chi connectivity index (χ0v) is 30.7. The molecule has 10 rings (SSSR count). The standard InChI is InChI=1S/C48H32N2O9/c51-38-23-39(52)42(53)45(56)41(38)32-22-26(40-43(54)46(57)48(59)47(58)44(40)55)16-19-37(32)50-34-13-7-5-11-29(34)31-21-25(15-18-36(31)50)24-14-17-35-30(20-24)28-10-4-6-12-33(28)49(35)27-8-2-1-3-9-27/h1-23,51-59H. The van der Waals surface area contributed by atoms with Crippen molar-refractivity contribution in [2.75, 3.05) is 0 Å². The minimum atomic E-state index is -1.14. The minimum Gasteiger partial charge on any atom is -0.507 e. The zero-order valence-electron chi connectivity index (χ0n) is 30.7. The van der Waals surface area contributed by atoms with Crippen LogP contribution in [-0.4, -0.2) is 55.1 Å². The largest absolute Gasteiger partial charge is 0.507 e. The number of aromatic hydroxyl groups is 9. The molecule has 0 atom stereocenters. The fourth-order valence-electron chi connectivity index (χ4n) is 8.36. The minimum absolute atomic E-state index is 0.0252. The summed E-state index contributed by atoms with van der Waals surface area (Å²) in [5.74, 6) is -8.39. The second-order valence-corrected chi connectivity index (χ2v) is 14.3. The third-order valence-corrected chi connectivity index (χ3v) is 11.1. The van der Waals surface area contributed by atoms with Crippen LogP contribution in [0.3, 0.4) is 0 Å². The van der Waals surface area contributed by atoms with Crippen LogP contribution in [0.25, 0.3) is 88.4 Å². The van der Waals surface area contributed by atoms with Crippen molar-refractivity contribution in [3.8, 4) is 96.5 Å². The van der Waals surface area contributed by atoms with Gasteiger partial charge in [-0.2, -0.15) is 0 Å². The molecule has 0 bridgehead atoms. The Bertz CT molecular complexity index is 3360. The van der Waals surface area contributed by atoms with Gasteiger partial charge in [0.15, 0.2) is 23.0 Å². The zero-order chi connectivity index (χ0) is 40.9. The molecular formula is C48H32N2O9. The van der Waals surface area contributed by atoms with Crippen molar-refractivity contribution in [3.05, 3.63) is 140 Å². The van der Waals surface area contributed by atoms with Crippen molar-refractivity contribution >= 4 is 43.6 Å². The van der Waals surface area contributed by atoms with Crippen LogP contribution < -0.4 is 0 Å². The lowest BCUT2D eigenvalue weighted by atomic mass is 9.94. The van der Waals surface area contributed by atoms with Gasteiger partial charge in [-0.25, -0.2) is 0 Å². The van der Waals surface area contributed by atoms with Crippen LogP contribution >= 0.6 is 0 Å². The second kappa shape index (κ2) is 12.8. The molecule has 0 spiro atoms. The predicted molar refractivity (Wildman–Crippen MR) is 226 cm³/mol. The summed E-state index contributed by atoms with van der Waals surface area (Å²) in [6.45, 7) is 0. The number of hydrogen-bond donors (Lipinski definition) is 9. The van der Waals surface area contributed by atoms with Gasteiger partial charge >= 0.3 is 0 Å². The van der Waals surface area contributed by atoms with Gasteiger partial charge in [-0.1, -0.05) is 72.8 Å². The number of benzene rings is 8. The van der Waals surface area contributed by atoms with Gasteiger partial charge in [-0.15, -0.1) is 0 Å². The molecule has 11 heteroatoms. The maximum Gasteiger partial charge on any atom is 0.208 e. The lowest BCUT2D eigenvalue weighted by Crippen LogP contribution is -1.99. The molecule has 8 aromatic carbocycles. The molecule has 0 saturated carbocycles. The lowest BCUT2D eigenvalue weighted by molar-refractivity contribution is 0.330. The molecule has 10 aromatic rings. The van der Waals surface area contributed by atoms with Gasteiger partial charge in [0.25, 0.3) is 0 Å². The highest BCUT2D eigenvalue weighted by molar-refractivity contribution is 6.13. The van der Waals surface area contributed by atoms with Gasteiger partial charge in [0, 0.05) is 38.9 Å². The number of phenols is 9. The molecule has 2 aromatic heterocycles. The van der Waals surface area contributed by atoms with Crippen LogP contribution in [0.5, 0.6) is 51.7 Å². The third-order valence-electron chi connectivity index (χ3n) is 11.1. The number of fused-ring (bicyclic) bond motifs is 6. The first kappa shape index (κ1) is 35.0. The summed E-state index contributed by atoms with van der Waals surface area (Å²) in [7, 11) is 0. The highest BCUT2D eigenvalue weighted by Gasteiger charge is 2.28. The number of para-hydroxylation sites is 3. The average molecular weight is 781 g/mol. The molecular weight excluding hydrogens is 749 g/mol. The summed E-state index contributed by atoms with van der Waals surface area (Å²) in [5.41, 5.74) is 6.20. The molecule has 0 amide bonds. The Morgan fingerprint density at radius 2 is 0.780 bits per heavy atom. The van der Waals surface area contributed by atoms with Crippen molar-refractivity contribution < 1.29 is 46.0 Å². The van der Waals surface area contributed by atoms with Crippen molar-refractivity contribution in [2.45, 2.75) is 0 Å². The van der Waals surface area contributed by atoms with E-state index in [1.54, 1.807) is 6.07 Å². The molecule has 59 heavy (non-hydrogen) atoms. The molecule has 0 unspecified atom stereocenters. The van der Waals surface area contributed by atoms with Gasteiger partial charge in [-0.3, -0.25) is 0 Å². The Morgan fingerprint density at radius 1 is 0.305 bits per heavy atom. The van der Waals surface area contributed by atoms with E-state index in [4.69, 9.17) is 0 Å². The summed E-state index contributed by atoms with van der Waals surface area (Å²) < 4.78 is 4.14. The summed E-state index contributed by atoms with van der Waals surface area (Å²) in [6, 6.07) is 43.9. The Morgan fingerprint density at radius 3 is 1.39 bits per heavy atom. The third kappa shape index (κ3) is 5.08. The first-order valence-electron chi connectivity index (χ1n) is 18.5. The summed E-state index contributed by atoms with van der Waals surface area (Å²) in [5, 5.41) is 99.8. The molecule has 11 nitrogen and oxygen atoms in total. The van der Waals surface area contributed by atoms with E-state index in [0.717, 1.165) is 66.5 Å². The molecule has 0 aliphatic carbocycles. The number of aromatic nitrogens is 2. The van der Waals surface area contributed by atoms with E-state index < -0.39 is 57.3 Å². The summed E-state index contributed by atoms with van der Waals surface area (Å²) >= 11 is 0. The van der Waals surface area contributed by atoms with E-state index in [0.29, 0.717) is 5.69 Å². The van der Waals surface area contributed by atoms with E-state index in [9.17, 15) is 46.0 Å².